The van der Waals surface area contributed by atoms with E-state index in [1.807, 2.05) is 49.1 Å². The molecular formula is C15H24IN7. The van der Waals surface area contributed by atoms with E-state index in [-0.39, 0.29) is 24.0 Å². The van der Waals surface area contributed by atoms with Crippen LogP contribution in [0.3, 0.4) is 0 Å². The van der Waals surface area contributed by atoms with E-state index in [1.165, 1.54) is 0 Å². The zero-order valence-corrected chi connectivity index (χ0v) is 16.3. The van der Waals surface area contributed by atoms with Crippen LogP contribution in [0.15, 0.2) is 35.6 Å². The minimum absolute atomic E-state index is 0. The van der Waals surface area contributed by atoms with Crippen LogP contribution in [-0.4, -0.2) is 41.9 Å². The van der Waals surface area contributed by atoms with E-state index in [9.17, 15) is 0 Å². The molecule has 2 aromatic heterocycles. The number of nitrogens with zero attached hydrogens (tertiary/aromatic N) is 5. The summed E-state index contributed by atoms with van der Waals surface area (Å²) in [5.74, 6) is 1.70. The third-order valence-corrected chi connectivity index (χ3v) is 3.31. The summed E-state index contributed by atoms with van der Waals surface area (Å²) in [7, 11) is 7.64. The predicted molar refractivity (Wildman–Crippen MR) is 104 cm³/mol. The molecule has 7 nitrogen and oxygen atoms in total. The summed E-state index contributed by atoms with van der Waals surface area (Å²) in [6.45, 7) is 1.36. The van der Waals surface area contributed by atoms with Crippen LogP contribution in [0.1, 0.15) is 11.3 Å². The molecule has 8 heteroatoms. The third-order valence-electron chi connectivity index (χ3n) is 3.31. The van der Waals surface area contributed by atoms with Gasteiger partial charge >= 0.3 is 0 Å². The fraction of sp³-hybridized carbons (Fsp3) is 0.400. The van der Waals surface area contributed by atoms with Crippen molar-refractivity contribution in [3.63, 3.8) is 0 Å². The first-order chi connectivity index (χ1) is 10.6. The molecule has 23 heavy (non-hydrogen) atoms. The monoisotopic (exact) mass is 429 g/mol. The lowest BCUT2D eigenvalue weighted by atomic mass is 10.2. The second-order valence-electron chi connectivity index (χ2n) is 5.14. The number of guanidine groups is 1. The van der Waals surface area contributed by atoms with Gasteiger partial charge in [-0.05, 0) is 23.8 Å². The number of aromatic nitrogens is 3. The SMILES string of the molecule is CN=C(NCc1ccnc(N(C)C)c1)NCc1ccnn1C.I. The van der Waals surface area contributed by atoms with Crippen molar-refractivity contribution < 1.29 is 0 Å². The molecule has 0 amide bonds. The number of aliphatic imine (C=N–C) groups is 1. The number of rotatable bonds is 5. The lowest BCUT2D eigenvalue weighted by molar-refractivity contribution is 0.684. The van der Waals surface area contributed by atoms with Gasteiger partial charge in [0.15, 0.2) is 5.96 Å². The van der Waals surface area contributed by atoms with Crippen molar-refractivity contribution in [2.45, 2.75) is 13.1 Å². The summed E-state index contributed by atoms with van der Waals surface area (Å²) < 4.78 is 1.84. The average molecular weight is 429 g/mol. The molecule has 0 unspecified atom stereocenters. The molecule has 0 aliphatic heterocycles. The summed E-state index contributed by atoms with van der Waals surface area (Å²) in [5.41, 5.74) is 2.25. The maximum atomic E-state index is 4.31. The first-order valence-corrected chi connectivity index (χ1v) is 7.14. The van der Waals surface area contributed by atoms with Crippen molar-refractivity contribution in [2.24, 2.45) is 12.0 Å². The van der Waals surface area contributed by atoms with Gasteiger partial charge in [0, 0.05) is 47.1 Å². The summed E-state index contributed by atoms with van der Waals surface area (Å²) in [4.78, 5) is 10.5. The van der Waals surface area contributed by atoms with Gasteiger partial charge in [0.05, 0.1) is 12.2 Å². The molecule has 0 bridgehead atoms. The number of halogens is 1. The van der Waals surface area contributed by atoms with Gasteiger partial charge in [-0.1, -0.05) is 0 Å². The minimum atomic E-state index is 0. The maximum absolute atomic E-state index is 4.31. The summed E-state index contributed by atoms with van der Waals surface area (Å²) in [6.07, 6.45) is 3.60. The second-order valence-corrected chi connectivity index (χ2v) is 5.14. The van der Waals surface area contributed by atoms with Gasteiger partial charge in [-0.15, -0.1) is 24.0 Å². The van der Waals surface area contributed by atoms with Crippen molar-refractivity contribution in [1.82, 2.24) is 25.4 Å². The molecule has 0 aromatic carbocycles. The van der Waals surface area contributed by atoms with Crippen LogP contribution in [0.25, 0.3) is 0 Å². The van der Waals surface area contributed by atoms with E-state index in [4.69, 9.17) is 0 Å². The fourth-order valence-electron chi connectivity index (χ4n) is 1.97. The summed E-state index contributed by atoms with van der Waals surface area (Å²) >= 11 is 0. The minimum Gasteiger partial charge on any atom is -0.363 e. The van der Waals surface area contributed by atoms with E-state index in [2.05, 4.69) is 31.8 Å². The average Bonchev–Trinajstić information content (AvgIpc) is 2.93. The van der Waals surface area contributed by atoms with Crippen LogP contribution in [0.2, 0.25) is 0 Å². The maximum Gasteiger partial charge on any atom is 0.191 e. The van der Waals surface area contributed by atoms with Crippen molar-refractivity contribution in [3.05, 3.63) is 41.9 Å². The zero-order valence-electron chi connectivity index (χ0n) is 13.9. The van der Waals surface area contributed by atoms with E-state index >= 15 is 0 Å². The Morgan fingerprint density at radius 1 is 1.22 bits per heavy atom. The van der Waals surface area contributed by atoms with Crippen molar-refractivity contribution in [3.8, 4) is 0 Å². The van der Waals surface area contributed by atoms with Crippen LogP contribution in [0.5, 0.6) is 0 Å². The summed E-state index contributed by atoms with van der Waals surface area (Å²) in [6, 6.07) is 6.03. The molecule has 2 N–H and O–H groups in total. The second kappa shape index (κ2) is 9.33. The molecule has 0 atom stereocenters. The Bertz CT molecular complexity index is 636. The summed E-state index contributed by atoms with van der Waals surface area (Å²) in [5, 5.41) is 10.7. The van der Waals surface area contributed by atoms with E-state index in [0.29, 0.717) is 13.1 Å². The Hall–Kier alpha value is -1.84. The number of hydrogen-bond acceptors (Lipinski definition) is 4. The van der Waals surface area contributed by atoms with Gasteiger partial charge in [0.2, 0.25) is 0 Å². The van der Waals surface area contributed by atoms with Gasteiger partial charge in [0.1, 0.15) is 5.82 Å². The number of anilines is 1. The van der Waals surface area contributed by atoms with Crippen molar-refractivity contribution in [1.29, 1.82) is 0 Å². The van der Waals surface area contributed by atoms with Gasteiger partial charge in [0.25, 0.3) is 0 Å². The van der Waals surface area contributed by atoms with Gasteiger partial charge in [-0.3, -0.25) is 9.67 Å². The highest BCUT2D eigenvalue weighted by Gasteiger charge is 2.03. The van der Waals surface area contributed by atoms with Gasteiger partial charge in [-0.25, -0.2) is 4.98 Å². The molecule has 126 valence electrons. The van der Waals surface area contributed by atoms with Crippen LogP contribution in [-0.2, 0) is 20.1 Å². The van der Waals surface area contributed by atoms with Crippen molar-refractivity contribution in [2.75, 3.05) is 26.0 Å². The quantitative estimate of drug-likeness (QED) is 0.427. The van der Waals surface area contributed by atoms with Crippen molar-refractivity contribution >= 4 is 35.8 Å². The smallest absolute Gasteiger partial charge is 0.191 e. The third kappa shape index (κ3) is 5.70. The van der Waals surface area contributed by atoms with E-state index in [1.54, 1.807) is 13.2 Å². The first-order valence-electron chi connectivity index (χ1n) is 7.14. The Kier molecular flexibility index (Phi) is 7.79. The topological polar surface area (TPSA) is 70.4 Å². The van der Waals surface area contributed by atoms with Crippen LogP contribution in [0.4, 0.5) is 5.82 Å². The number of hydrogen-bond donors (Lipinski definition) is 2. The fourth-order valence-corrected chi connectivity index (χ4v) is 1.97. The largest absolute Gasteiger partial charge is 0.363 e. The Morgan fingerprint density at radius 3 is 2.57 bits per heavy atom. The molecule has 0 saturated carbocycles. The lowest BCUT2D eigenvalue weighted by Crippen LogP contribution is -2.36. The van der Waals surface area contributed by atoms with Crippen LogP contribution in [0, 0.1) is 0 Å². The highest BCUT2D eigenvalue weighted by Crippen LogP contribution is 2.09. The standard InChI is InChI=1S/C15H23N7.HI/c1-16-15(19-11-13-6-8-20-22(13)4)18-10-12-5-7-17-14(9-12)21(2)3;/h5-9H,10-11H2,1-4H3,(H2,16,18,19);1H. The molecule has 0 saturated heterocycles. The number of aryl methyl sites for hydroxylation is 1. The zero-order chi connectivity index (χ0) is 15.9. The Balaban J connectivity index is 0.00000264. The molecule has 2 heterocycles. The molecule has 2 rings (SSSR count). The Morgan fingerprint density at radius 2 is 1.96 bits per heavy atom. The highest BCUT2D eigenvalue weighted by molar-refractivity contribution is 14.0. The number of nitrogens with one attached hydrogen (secondary N) is 2. The Labute approximate surface area is 154 Å². The van der Waals surface area contributed by atoms with Gasteiger partial charge < -0.3 is 15.5 Å². The first kappa shape index (κ1) is 19.2. The highest BCUT2D eigenvalue weighted by atomic mass is 127. The lowest BCUT2D eigenvalue weighted by Gasteiger charge is -2.14. The van der Waals surface area contributed by atoms with Crippen LogP contribution < -0.4 is 15.5 Å². The molecule has 0 fully saturated rings. The van der Waals surface area contributed by atoms with E-state index < -0.39 is 0 Å². The van der Waals surface area contributed by atoms with Crippen LogP contribution >= 0.6 is 24.0 Å². The number of pyridine rings is 1. The molecule has 0 aliphatic carbocycles. The molecular weight excluding hydrogens is 405 g/mol. The van der Waals surface area contributed by atoms with Gasteiger partial charge in [-0.2, -0.15) is 5.10 Å². The normalized spacial score (nSPS) is 10.9. The molecule has 2 aromatic rings. The molecule has 0 aliphatic rings. The molecule has 0 spiro atoms. The van der Waals surface area contributed by atoms with E-state index in [0.717, 1.165) is 23.0 Å². The molecule has 0 radical (unpaired) electrons. The predicted octanol–water partition coefficient (Wildman–Crippen LogP) is 1.36.